The van der Waals surface area contributed by atoms with Gasteiger partial charge >= 0.3 is 0 Å². The van der Waals surface area contributed by atoms with Gasteiger partial charge in [-0.05, 0) is 41.6 Å². The van der Waals surface area contributed by atoms with Gasteiger partial charge in [-0.15, -0.1) is 11.3 Å². The van der Waals surface area contributed by atoms with E-state index in [4.69, 9.17) is 0 Å². The van der Waals surface area contributed by atoms with Crippen LogP contribution in [-0.4, -0.2) is 40.5 Å². The maximum atomic E-state index is 12.9. The maximum Gasteiger partial charge on any atom is 0.262 e. The first kappa shape index (κ1) is 20.1. The SMILES string of the molecule is O=C1CCC(N2C(=O)c3ccc(CNC(=O)c4cc5ccccc5s4)cc3C2=O)C(=O)N1. The third-order valence-corrected chi connectivity index (χ3v) is 6.72. The summed E-state index contributed by atoms with van der Waals surface area (Å²) < 4.78 is 1.02. The predicted molar refractivity (Wildman–Crippen MR) is 116 cm³/mol. The summed E-state index contributed by atoms with van der Waals surface area (Å²) in [5.74, 6) is -2.41. The zero-order chi connectivity index (χ0) is 22.4. The Balaban J connectivity index is 1.31. The van der Waals surface area contributed by atoms with Crippen molar-refractivity contribution in [3.8, 4) is 0 Å². The van der Waals surface area contributed by atoms with E-state index >= 15 is 0 Å². The molecule has 5 rings (SSSR count). The van der Waals surface area contributed by atoms with E-state index in [1.807, 2.05) is 30.3 Å². The van der Waals surface area contributed by atoms with Crippen LogP contribution in [-0.2, 0) is 16.1 Å². The summed E-state index contributed by atoms with van der Waals surface area (Å²) >= 11 is 1.40. The molecule has 9 heteroatoms. The Morgan fingerprint density at radius 3 is 2.59 bits per heavy atom. The first-order valence-corrected chi connectivity index (χ1v) is 10.9. The van der Waals surface area contributed by atoms with Crippen molar-refractivity contribution in [3.05, 3.63) is 70.1 Å². The van der Waals surface area contributed by atoms with Crippen molar-refractivity contribution >= 4 is 51.0 Å². The zero-order valence-electron chi connectivity index (χ0n) is 16.7. The third kappa shape index (κ3) is 3.36. The van der Waals surface area contributed by atoms with Gasteiger partial charge in [0.05, 0.1) is 16.0 Å². The summed E-state index contributed by atoms with van der Waals surface area (Å²) in [6, 6.07) is 13.3. The van der Waals surface area contributed by atoms with Gasteiger partial charge in [-0.25, -0.2) is 0 Å². The van der Waals surface area contributed by atoms with Crippen LogP contribution in [0.2, 0.25) is 0 Å². The molecule has 0 radical (unpaired) electrons. The van der Waals surface area contributed by atoms with Crippen molar-refractivity contribution in [2.45, 2.75) is 25.4 Å². The lowest BCUT2D eigenvalue weighted by Gasteiger charge is -2.27. The first-order valence-electron chi connectivity index (χ1n) is 10.0. The summed E-state index contributed by atoms with van der Waals surface area (Å²) in [4.78, 5) is 63.3. The highest BCUT2D eigenvalue weighted by atomic mass is 32.1. The fourth-order valence-electron chi connectivity index (χ4n) is 3.99. The number of rotatable bonds is 4. The Kier molecular flexibility index (Phi) is 4.82. The van der Waals surface area contributed by atoms with Gasteiger partial charge in [0.25, 0.3) is 17.7 Å². The van der Waals surface area contributed by atoms with Crippen LogP contribution < -0.4 is 10.6 Å². The number of imide groups is 2. The van der Waals surface area contributed by atoms with Crippen LogP contribution in [0.5, 0.6) is 0 Å². The second-order valence-electron chi connectivity index (χ2n) is 7.66. The van der Waals surface area contributed by atoms with Gasteiger partial charge in [0.2, 0.25) is 11.8 Å². The number of fused-ring (bicyclic) bond motifs is 2. The molecule has 2 aromatic carbocycles. The monoisotopic (exact) mass is 447 g/mol. The van der Waals surface area contributed by atoms with Gasteiger partial charge in [-0.1, -0.05) is 24.3 Å². The summed E-state index contributed by atoms with van der Waals surface area (Å²) in [6.45, 7) is 0.181. The van der Waals surface area contributed by atoms with Crippen LogP contribution >= 0.6 is 11.3 Å². The molecule has 1 atom stereocenters. The molecule has 2 aliphatic rings. The van der Waals surface area contributed by atoms with Gasteiger partial charge in [0.1, 0.15) is 6.04 Å². The lowest BCUT2D eigenvalue weighted by molar-refractivity contribution is -0.136. The molecule has 2 N–H and O–H groups in total. The van der Waals surface area contributed by atoms with Gasteiger partial charge in [-0.2, -0.15) is 0 Å². The van der Waals surface area contributed by atoms with Crippen LogP contribution in [0.15, 0.2) is 48.5 Å². The number of piperidine rings is 1. The fourth-order valence-corrected chi connectivity index (χ4v) is 4.97. The van der Waals surface area contributed by atoms with Crippen molar-refractivity contribution < 1.29 is 24.0 Å². The highest BCUT2D eigenvalue weighted by Crippen LogP contribution is 2.29. The van der Waals surface area contributed by atoms with E-state index in [9.17, 15) is 24.0 Å². The summed E-state index contributed by atoms with van der Waals surface area (Å²) in [7, 11) is 0. The maximum absolute atomic E-state index is 12.9. The zero-order valence-corrected chi connectivity index (χ0v) is 17.5. The van der Waals surface area contributed by atoms with Crippen LogP contribution in [0.3, 0.4) is 0 Å². The molecule has 3 aromatic rings. The van der Waals surface area contributed by atoms with Crippen LogP contribution in [0.4, 0.5) is 0 Å². The minimum Gasteiger partial charge on any atom is -0.347 e. The average molecular weight is 447 g/mol. The number of carbonyl (C=O) groups excluding carboxylic acids is 5. The molecule has 0 spiro atoms. The van der Waals surface area contributed by atoms with Crippen molar-refractivity contribution in [3.63, 3.8) is 0 Å². The molecule has 1 unspecified atom stereocenters. The van der Waals surface area contributed by atoms with Crippen molar-refractivity contribution in [1.82, 2.24) is 15.5 Å². The van der Waals surface area contributed by atoms with E-state index in [0.717, 1.165) is 15.0 Å². The minimum atomic E-state index is -1.00. The van der Waals surface area contributed by atoms with Gasteiger partial charge in [0.15, 0.2) is 0 Å². The standard InChI is InChI=1S/C23H17N3O5S/c27-19-8-7-16(20(28)25-19)26-22(30)14-6-5-12(9-15(14)23(26)31)11-24-21(29)18-10-13-3-1-2-4-17(13)32-18/h1-6,9-10,16H,7-8,11H2,(H,24,29)(H,25,27,28). The van der Waals surface area contributed by atoms with Crippen molar-refractivity contribution in [2.75, 3.05) is 0 Å². The highest BCUT2D eigenvalue weighted by Gasteiger charge is 2.44. The molecule has 3 heterocycles. The summed E-state index contributed by atoms with van der Waals surface area (Å²) in [5.41, 5.74) is 1.05. The van der Waals surface area contributed by atoms with Gasteiger partial charge in [0, 0.05) is 17.7 Å². The van der Waals surface area contributed by atoms with Gasteiger partial charge in [-0.3, -0.25) is 34.2 Å². The largest absolute Gasteiger partial charge is 0.347 e. The van der Waals surface area contributed by atoms with Crippen LogP contribution in [0.25, 0.3) is 10.1 Å². The molecule has 160 valence electrons. The average Bonchev–Trinajstić information content (AvgIpc) is 3.32. The Bertz CT molecular complexity index is 1300. The molecule has 32 heavy (non-hydrogen) atoms. The minimum absolute atomic E-state index is 0.0683. The third-order valence-electron chi connectivity index (χ3n) is 5.61. The Morgan fingerprint density at radius 2 is 1.81 bits per heavy atom. The fraction of sp³-hybridized carbons (Fsp3) is 0.174. The van der Waals surface area contributed by atoms with E-state index in [1.165, 1.54) is 17.4 Å². The molecule has 1 aromatic heterocycles. The van der Waals surface area contributed by atoms with Crippen molar-refractivity contribution in [1.29, 1.82) is 0 Å². The molecule has 0 aliphatic carbocycles. The molecular weight excluding hydrogens is 430 g/mol. The highest BCUT2D eigenvalue weighted by molar-refractivity contribution is 7.20. The number of nitrogens with zero attached hydrogens (tertiary/aromatic N) is 1. The molecular formula is C23H17N3O5S. The molecule has 2 aliphatic heterocycles. The predicted octanol–water partition coefficient (Wildman–Crippen LogP) is 2.23. The lowest BCUT2D eigenvalue weighted by atomic mass is 10.0. The summed E-state index contributed by atoms with van der Waals surface area (Å²) in [5, 5.41) is 6.01. The van der Waals surface area contributed by atoms with E-state index in [-0.39, 0.29) is 36.4 Å². The molecule has 0 bridgehead atoms. The van der Waals surface area contributed by atoms with Gasteiger partial charge < -0.3 is 5.32 Å². The molecule has 5 amide bonds. The molecule has 8 nitrogen and oxygen atoms in total. The topological polar surface area (TPSA) is 113 Å². The first-order chi connectivity index (χ1) is 15.4. The smallest absolute Gasteiger partial charge is 0.262 e. The number of thiophene rings is 1. The Hall–Kier alpha value is -3.85. The number of hydrogen-bond donors (Lipinski definition) is 2. The Labute approximate surface area is 186 Å². The van der Waals surface area contributed by atoms with Crippen molar-refractivity contribution in [2.24, 2.45) is 0 Å². The van der Waals surface area contributed by atoms with E-state index in [2.05, 4.69) is 10.6 Å². The second kappa shape index (κ2) is 7.69. The van der Waals surface area contributed by atoms with E-state index in [0.29, 0.717) is 10.4 Å². The quantitative estimate of drug-likeness (QED) is 0.596. The lowest BCUT2D eigenvalue weighted by Crippen LogP contribution is -2.54. The van der Waals surface area contributed by atoms with Crippen LogP contribution in [0.1, 0.15) is 48.8 Å². The molecule has 0 saturated carbocycles. The number of carbonyl (C=O) groups is 5. The number of benzene rings is 2. The Morgan fingerprint density at radius 1 is 1.03 bits per heavy atom. The molecule has 1 fully saturated rings. The number of nitrogens with one attached hydrogen (secondary N) is 2. The second-order valence-corrected chi connectivity index (χ2v) is 8.74. The normalized spacial score (nSPS) is 18.1. The van der Waals surface area contributed by atoms with Crippen LogP contribution in [0, 0.1) is 0 Å². The number of amides is 5. The van der Waals surface area contributed by atoms with E-state index in [1.54, 1.807) is 12.1 Å². The summed E-state index contributed by atoms with van der Waals surface area (Å²) in [6.07, 6.45) is 0.174. The van der Waals surface area contributed by atoms with E-state index < -0.39 is 29.7 Å². The molecule has 1 saturated heterocycles. The number of hydrogen-bond acceptors (Lipinski definition) is 6.